The molecule has 7 nitrogen and oxygen atoms in total. The Hall–Kier alpha value is -2.57. The Kier molecular flexibility index (Phi) is 4.82. The van der Waals surface area contributed by atoms with Gasteiger partial charge in [-0.05, 0) is 45.4 Å². The number of nitrogens with zero attached hydrogens (tertiary/aromatic N) is 1. The minimum absolute atomic E-state index is 0.0177. The van der Waals surface area contributed by atoms with Gasteiger partial charge in [-0.15, -0.1) is 0 Å². The summed E-state index contributed by atoms with van der Waals surface area (Å²) in [5.41, 5.74) is 1.22. The van der Waals surface area contributed by atoms with Crippen molar-refractivity contribution >= 4 is 29.2 Å². The number of anilines is 2. The first-order valence-corrected chi connectivity index (χ1v) is 7.83. The first-order chi connectivity index (χ1) is 11.1. The summed E-state index contributed by atoms with van der Waals surface area (Å²) in [5.74, 6) is -1.32. The molecule has 2 rings (SSSR count). The van der Waals surface area contributed by atoms with Crippen LogP contribution in [-0.4, -0.2) is 41.5 Å². The van der Waals surface area contributed by atoms with Crippen LogP contribution in [0.1, 0.15) is 44.0 Å². The maximum absolute atomic E-state index is 12.4. The van der Waals surface area contributed by atoms with Crippen LogP contribution in [0.25, 0.3) is 0 Å². The Balaban J connectivity index is 2.16. The van der Waals surface area contributed by atoms with Crippen LogP contribution in [0.2, 0.25) is 0 Å². The van der Waals surface area contributed by atoms with E-state index < -0.39 is 11.5 Å². The molecule has 1 atom stereocenters. The summed E-state index contributed by atoms with van der Waals surface area (Å²) in [4.78, 5) is 36.9. The molecule has 130 valence electrons. The van der Waals surface area contributed by atoms with Gasteiger partial charge in [-0.25, -0.2) is 0 Å². The Morgan fingerprint density at radius 3 is 2.67 bits per heavy atom. The Morgan fingerprint density at radius 2 is 2.04 bits per heavy atom. The second-order valence-electron chi connectivity index (χ2n) is 6.74. The minimum atomic E-state index is -0.897. The molecule has 0 saturated heterocycles. The highest BCUT2D eigenvalue weighted by atomic mass is 16.4. The molecule has 0 fully saturated rings. The number of benzene rings is 1. The number of rotatable bonds is 5. The molecule has 24 heavy (non-hydrogen) atoms. The van der Waals surface area contributed by atoms with E-state index >= 15 is 0 Å². The highest BCUT2D eigenvalue weighted by Crippen LogP contribution is 2.31. The molecule has 1 aromatic carbocycles. The molecule has 1 heterocycles. The highest BCUT2D eigenvalue weighted by molar-refractivity contribution is 6.05. The normalized spacial score (nSPS) is 17.1. The number of hydrogen-bond acceptors (Lipinski definition) is 4. The maximum Gasteiger partial charge on any atom is 0.303 e. The molecule has 1 unspecified atom stereocenters. The van der Waals surface area contributed by atoms with Gasteiger partial charge in [0, 0.05) is 24.6 Å². The van der Waals surface area contributed by atoms with Crippen molar-refractivity contribution in [3.8, 4) is 0 Å². The third-order valence-corrected chi connectivity index (χ3v) is 4.27. The number of carboxylic acids is 1. The predicted octanol–water partition coefficient (Wildman–Crippen LogP) is 1.84. The molecule has 0 saturated carbocycles. The zero-order valence-corrected chi connectivity index (χ0v) is 14.3. The second kappa shape index (κ2) is 6.51. The summed E-state index contributed by atoms with van der Waals surface area (Å²) in [6.45, 7) is 5.37. The van der Waals surface area contributed by atoms with Crippen LogP contribution >= 0.6 is 0 Å². The monoisotopic (exact) mass is 333 g/mol. The SMILES string of the molecule is CC1C(=O)Nc2cc(C(=O)NC(C)(C)CCC(=O)O)ccc2N1C. The zero-order valence-electron chi connectivity index (χ0n) is 14.3. The van der Waals surface area contributed by atoms with Gasteiger partial charge in [0.25, 0.3) is 5.91 Å². The molecule has 1 aliphatic heterocycles. The fourth-order valence-corrected chi connectivity index (χ4v) is 2.57. The van der Waals surface area contributed by atoms with Crippen molar-refractivity contribution in [2.24, 2.45) is 0 Å². The summed E-state index contributed by atoms with van der Waals surface area (Å²) in [6, 6.07) is 4.86. The number of amides is 2. The lowest BCUT2D eigenvalue weighted by molar-refractivity contribution is -0.137. The summed E-state index contributed by atoms with van der Waals surface area (Å²) < 4.78 is 0. The van der Waals surface area contributed by atoms with E-state index in [0.29, 0.717) is 17.7 Å². The van der Waals surface area contributed by atoms with Gasteiger partial charge in [-0.3, -0.25) is 14.4 Å². The molecular weight excluding hydrogens is 310 g/mol. The van der Waals surface area contributed by atoms with Gasteiger partial charge in [0.05, 0.1) is 11.4 Å². The predicted molar refractivity (Wildman–Crippen MR) is 91.4 cm³/mol. The quantitative estimate of drug-likeness (QED) is 0.763. The highest BCUT2D eigenvalue weighted by Gasteiger charge is 2.28. The molecular formula is C17H23N3O4. The van der Waals surface area contributed by atoms with Gasteiger partial charge in [0.2, 0.25) is 5.91 Å². The van der Waals surface area contributed by atoms with Crippen molar-refractivity contribution in [2.45, 2.75) is 45.2 Å². The molecule has 0 bridgehead atoms. The van der Waals surface area contributed by atoms with Crippen LogP contribution in [0, 0.1) is 0 Å². The lowest BCUT2D eigenvalue weighted by Crippen LogP contribution is -2.45. The molecule has 0 aromatic heterocycles. The number of carboxylic acid groups (broad SMARTS) is 1. The summed E-state index contributed by atoms with van der Waals surface area (Å²) in [5, 5.41) is 14.4. The largest absolute Gasteiger partial charge is 0.481 e. The third kappa shape index (κ3) is 3.84. The van der Waals surface area contributed by atoms with Crippen LogP contribution in [-0.2, 0) is 9.59 Å². The van der Waals surface area contributed by atoms with E-state index in [9.17, 15) is 14.4 Å². The lowest BCUT2D eigenvalue weighted by atomic mass is 9.97. The molecule has 0 spiro atoms. The third-order valence-electron chi connectivity index (χ3n) is 4.27. The van der Waals surface area contributed by atoms with E-state index in [4.69, 9.17) is 5.11 Å². The zero-order chi connectivity index (χ0) is 18.1. The number of carbonyl (C=O) groups is 3. The first kappa shape index (κ1) is 17.8. The van der Waals surface area contributed by atoms with E-state index in [0.717, 1.165) is 5.69 Å². The van der Waals surface area contributed by atoms with E-state index in [2.05, 4.69) is 10.6 Å². The molecule has 7 heteroatoms. The second-order valence-corrected chi connectivity index (χ2v) is 6.74. The van der Waals surface area contributed by atoms with E-state index in [1.54, 1.807) is 32.0 Å². The van der Waals surface area contributed by atoms with Crippen LogP contribution in [0.15, 0.2) is 18.2 Å². The molecule has 2 amide bonds. The van der Waals surface area contributed by atoms with Crippen molar-refractivity contribution in [1.82, 2.24) is 5.32 Å². The summed E-state index contributed by atoms with van der Waals surface area (Å²) >= 11 is 0. The average Bonchev–Trinajstić information content (AvgIpc) is 2.50. The van der Waals surface area contributed by atoms with E-state index in [1.165, 1.54) is 0 Å². The van der Waals surface area contributed by atoms with Crippen molar-refractivity contribution in [3.05, 3.63) is 23.8 Å². The smallest absolute Gasteiger partial charge is 0.303 e. The molecule has 0 radical (unpaired) electrons. The van der Waals surface area contributed by atoms with Gasteiger partial charge in [-0.2, -0.15) is 0 Å². The number of nitrogens with one attached hydrogen (secondary N) is 2. The lowest BCUT2D eigenvalue weighted by Gasteiger charge is -2.33. The van der Waals surface area contributed by atoms with Crippen molar-refractivity contribution in [3.63, 3.8) is 0 Å². The molecule has 1 aromatic rings. The van der Waals surface area contributed by atoms with Gasteiger partial charge >= 0.3 is 5.97 Å². The fraction of sp³-hybridized carbons (Fsp3) is 0.471. The van der Waals surface area contributed by atoms with Crippen LogP contribution in [0.3, 0.4) is 0 Å². The topological polar surface area (TPSA) is 98.7 Å². The Bertz CT molecular complexity index is 684. The fourth-order valence-electron chi connectivity index (χ4n) is 2.57. The molecule has 1 aliphatic rings. The first-order valence-electron chi connectivity index (χ1n) is 7.83. The van der Waals surface area contributed by atoms with Gasteiger partial charge in [-0.1, -0.05) is 0 Å². The number of hydrogen-bond donors (Lipinski definition) is 3. The van der Waals surface area contributed by atoms with Crippen LogP contribution in [0.5, 0.6) is 0 Å². The number of carbonyl (C=O) groups excluding carboxylic acids is 2. The van der Waals surface area contributed by atoms with Gasteiger partial charge in [0.15, 0.2) is 0 Å². The molecule has 0 aliphatic carbocycles. The van der Waals surface area contributed by atoms with Crippen LogP contribution < -0.4 is 15.5 Å². The van der Waals surface area contributed by atoms with Crippen molar-refractivity contribution in [1.29, 1.82) is 0 Å². The summed E-state index contributed by atoms with van der Waals surface area (Å²) in [6.07, 6.45) is 0.312. The summed E-state index contributed by atoms with van der Waals surface area (Å²) in [7, 11) is 1.83. The van der Waals surface area contributed by atoms with Crippen LogP contribution in [0.4, 0.5) is 11.4 Å². The standard InChI is InChI=1S/C17H23N3O4/c1-10-15(23)18-12-9-11(5-6-13(12)20(10)4)16(24)19-17(2,3)8-7-14(21)22/h5-6,9-10H,7-8H2,1-4H3,(H,18,23)(H,19,24)(H,21,22). The van der Waals surface area contributed by atoms with Crippen molar-refractivity contribution in [2.75, 3.05) is 17.3 Å². The average molecular weight is 333 g/mol. The maximum atomic E-state index is 12.4. The minimum Gasteiger partial charge on any atom is -0.481 e. The van der Waals surface area contributed by atoms with Crippen molar-refractivity contribution < 1.29 is 19.5 Å². The van der Waals surface area contributed by atoms with E-state index in [-0.39, 0.29) is 24.3 Å². The molecule has 3 N–H and O–H groups in total. The van der Waals surface area contributed by atoms with Gasteiger partial charge in [0.1, 0.15) is 6.04 Å². The van der Waals surface area contributed by atoms with E-state index in [1.807, 2.05) is 18.9 Å². The Labute approximate surface area is 141 Å². The number of aliphatic carboxylic acids is 1. The van der Waals surface area contributed by atoms with Gasteiger partial charge < -0.3 is 20.6 Å². The Morgan fingerprint density at radius 1 is 1.38 bits per heavy atom. The number of likely N-dealkylation sites (N-methyl/N-ethyl adjacent to an activating group) is 1. The number of fused-ring (bicyclic) bond motifs is 1.